The molecule has 0 spiro atoms. The summed E-state index contributed by atoms with van der Waals surface area (Å²) in [5.74, 6) is -0.248. The van der Waals surface area contributed by atoms with Gasteiger partial charge in [-0.2, -0.15) is 0 Å². The lowest BCUT2D eigenvalue weighted by Gasteiger charge is -1.99. The molecule has 1 aromatic heterocycles. The molecule has 0 atom stereocenters. The Morgan fingerprint density at radius 1 is 1.15 bits per heavy atom. The molecule has 0 bridgehead atoms. The van der Waals surface area contributed by atoms with Gasteiger partial charge in [-0.25, -0.2) is 4.98 Å². The maximum absolute atomic E-state index is 11.0. The Kier molecular flexibility index (Phi) is 3.13. The van der Waals surface area contributed by atoms with E-state index >= 15 is 0 Å². The summed E-state index contributed by atoms with van der Waals surface area (Å²) < 4.78 is 0.850. The Hall–Kier alpha value is -0.780. The van der Waals surface area contributed by atoms with Gasteiger partial charge in [0.25, 0.3) is 0 Å². The third kappa shape index (κ3) is 2.58. The third-order valence-corrected chi connectivity index (χ3v) is 2.13. The van der Waals surface area contributed by atoms with Gasteiger partial charge in [0.15, 0.2) is 11.6 Å². The minimum atomic E-state index is -0.124. The number of nitrogens with zero attached hydrogens (tertiary/aromatic N) is 1. The average molecular weight is 289 g/mol. The zero-order valence-corrected chi connectivity index (χ0v) is 9.45. The number of aromatic nitrogens is 1. The Labute approximate surface area is 89.7 Å². The lowest BCUT2D eigenvalue weighted by molar-refractivity contribution is 0.100. The summed E-state index contributed by atoms with van der Waals surface area (Å²) in [6.07, 6.45) is 0. The van der Waals surface area contributed by atoms with E-state index in [4.69, 9.17) is 0 Å². The highest BCUT2D eigenvalue weighted by atomic mass is 127. The largest absolute Gasteiger partial charge is 0.293 e. The predicted molar refractivity (Wildman–Crippen MR) is 57.0 cm³/mol. The van der Waals surface area contributed by atoms with Gasteiger partial charge in [-0.15, -0.1) is 0 Å². The Bertz CT molecular complexity index is 342. The van der Waals surface area contributed by atoms with Crippen molar-refractivity contribution in [3.63, 3.8) is 0 Å². The first-order valence-electron chi connectivity index (χ1n) is 3.70. The van der Waals surface area contributed by atoms with Crippen LogP contribution in [0, 0.1) is 3.57 Å². The second-order valence-corrected chi connectivity index (χ2v) is 3.91. The van der Waals surface area contributed by atoms with Crippen LogP contribution in [0.2, 0.25) is 0 Å². The molecule has 0 aliphatic heterocycles. The van der Waals surface area contributed by atoms with E-state index in [0.717, 1.165) is 3.57 Å². The highest BCUT2D eigenvalue weighted by molar-refractivity contribution is 14.1. The van der Waals surface area contributed by atoms with Gasteiger partial charge in [-0.1, -0.05) is 0 Å². The van der Waals surface area contributed by atoms with Gasteiger partial charge in [0, 0.05) is 17.4 Å². The molecule has 3 nitrogen and oxygen atoms in total. The minimum absolute atomic E-state index is 0.124. The predicted octanol–water partition coefficient (Wildman–Crippen LogP) is 2.09. The third-order valence-electron chi connectivity index (χ3n) is 1.51. The average Bonchev–Trinajstić information content (AvgIpc) is 2.03. The molecule has 1 aromatic rings. The fourth-order valence-electron chi connectivity index (χ4n) is 0.858. The van der Waals surface area contributed by atoms with E-state index in [1.54, 1.807) is 12.1 Å². The van der Waals surface area contributed by atoms with E-state index in [1.807, 2.05) is 0 Å². The summed E-state index contributed by atoms with van der Waals surface area (Å²) in [6, 6.07) is 3.32. The number of Topliss-reactive ketones (excluding diaryl/α,β-unsaturated/α-hetero) is 2. The molecule has 0 aliphatic carbocycles. The van der Waals surface area contributed by atoms with Gasteiger partial charge >= 0.3 is 0 Å². The summed E-state index contributed by atoms with van der Waals surface area (Å²) >= 11 is 2.05. The Morgan fingerprint density at radius 3 is 1.85 bits per heavy atom. The first-order valence-corrected chi connectivity index (χ1v) is 4.78. The normalized spacial score (nSPS) is 9.77. The highest BCUT2D eigenvalue weighted by Gasteiger charge is 2.07. The topological polar surface area (TPSA) is 47.0 Å². The van der Waals surface area contributed by atoms with E-state index in [0.29, 0.717) is 11.4 Å². The van der Waals surface area contributed by atoms with Crippen molar-refractivity contribution in [2.24, 2.45) is 0 Å². The standard InChI is InChI=1S/C9H8INO2/c1-5(12)8-3-7(10)4-9(11-8)6(2)13/h3-4H,1-2H3. The number of halogens is 1. The van der Waals surface area contributed by atoms with Crippen molar-refractivity contribution in [2.75, 3.05) is 0 Å². The summed E-state index contributed by atoms with van der Waals surface area (Å²) in [4.78, 5) is 25.9. The fourth-order valence-corrected chi connectivity index (χ4v) is 1.45. The van der Waals surface area contributed by atoms with E-state index in [1.165, 1.54) is 13.8 Å². The number of hydrogen-bond acceptors (Lipinski definition) is 3. The molecule has 0 aromatic carbocycles. The summed E-state index contributed by atoms with van der Waals surface area (Å²) in [7, 11) is 0. The van der Waals surface area contributed by atoms with Gasteiger partial charge in [0.2, 0.25) is 0 Å². The van der Waals surface area contributed by atoms with Crippen molar-refractivity contribution in [1.82, 2.24) is 4.98 Å². The monoisotopic (exact) mass is 289 g/mol. The molecule has 68 valence electrons. The van der Waals surface area contributed by atoms with Crippen LogP contribution >= 0.6 is 22.6 Å². The van der Waals surface area contributed by atoms with Crippen LogP contribution < -0.4 is 0 Å². The number of rotatable bonds is 2. The molecule has 0 radical (unpaired) electrons. The van der Waals surface area contributed by atoms with Crippen LogP contribution in [0.15, 0.2) is 12.1 Å². The van der Waals surface area contributed by atoms with E-state index < -0.39 is 0 Å². The van der Waals surface area contributed by atoms with Crippen molar-refractivity contribution < 1.29 is 9.59 Å². The number of pyridine rings is 1. The van der Waals surface area contributed by atoms with Crippen molar-refractivity contribution in [2.45, 2.75) is 13.8 Å². The zero-order valence-electron chi connectivity index (χ0n) is 7.30. The van der Waals surface area contributed by atoms with Gasteiger partial charge in [-0.05, 0) is 34.7 Å². The van der Waals surface area contributed by atoms with Crippen LogP contribution in [-0.2, 0) is 0 Å². The maximum Gasteiger partial charge on any atom is 0.178 e. The summed E-state index contributed by atoms with van der Waals surface area (Å²) in [5, 5.41) is 0. The van der Waals surface area contributed by atoms with Gasteiger partial charge in [-0.3, -0.25) is 9.59 Å². The van der Waals surface area contributed by atoms with Crippen LogP contribution in [0.4, 0.5) is 0 Å². The molecule has 0 saturated heterocycles. The molecule has 13 heavy (non-hydrogen) atoms. The van der Waals surface area contributed by atoms with Crippen LogP contribution in [0.3, 0.4) is 0 Å². The molecule has 0 unspecified atom stereocenters. The van der Waals surface area contributed by atoms with E-state index in [-0.39, 0.29) is 11.6 Å². The number of hydrogen-bond donors (Lipinski definition) is 0. The molecule has 0 amide bonds. The number of carbonyl (C=O) groups excluding carboxylic acids is 2. The quantitative estimate of drug-likeness (QED) is 0.618. The van der Waals surface area contributed by atoms with Crippen LogP contribution in [0.25, 0.3) is 0 Å². The highest BCUT2D eigenvalue weighted by Crippen LogP contribution is 2.09. The lowest BCUT2D eigenvalue weighted by atomic mass is 10.2. The Morgan fingerprint density at radius 2 is 1.54 bits per heavy atom. The molecular formula is C9H8INO2. The second-order valence-electron chi connectivity index (χ2n) is 2.67. The van der Waals surface area contributed by atoms with Crippen molar-refractivity contribution in [3.8, 4) is 0 Å². The van der Waals surface area contributed by atoms with E-state index in [2.05, 4.69) is 27.6 Å². The molecular weight excluding hydrogens is 281 g/mol. The smallest absolute Gasteiger partial charge is 0.178 e. The number of ketones is 2. The Balaban J connectivity index is 3.26. The first-order chi connectivity index (χ1) is 6.00. The number of carbonyl (C=O) groups is 2. The van der Waals surface area contributed by atoms with Crippen molar-refractivity contribution >= 4 is 34.2 Å². The van der Waals surface area contributed by atoms with E-state index in [9.17, 15) is 9.59 Å². The van der Waals surface area contributed by atoms with Crippen LogP contribution in [0.5, 0.6) is 0 Å². The molecule has 0 fully saturated rings. The zero-order chi connectivity index (χ0) is 10.0. The summed E-state index contributed by atoms with van der Waals surface area (Å²) in [5.41, 5.74) is 0.689. The molecule has 1 heterocycles. The maximum atomic E-state index is 11.0. The van der Waals surface area contributed by atoms with Crippen molar-refractivity contribution in [3.05, 3.63) is 27.1 Å². The lowest BCUT2D eigenvalue weighted by Crippen LogP contribution is -2.04. The van der Waals surface area contributed by atoms with Gasteiger partial charge in [0.1, 0.15) is 11.4 Å². The molecule has 4 heteroatoms. The molecule has 1 rings (SSSR count). The fraction of sp³-hybridized carbons (Fsp3) is 0.222. The first kappa shape index (κ1) is 10.3. The van der Waals surface area contributed by atoms with Crippen molar-refractivity contribution in [1.29, 1.82) is 0 Å². The van der Waals surface area contributed by atoms with Gasteiger partial charge < -0.3 is 0 Å². The molecule has 0 N–H and O–H groups in total. The van der Waals surface area contributed by atoms with Gasteiger partial charge in [0.05, 0.1) is 0 Å². The van der Waals surface area contributed by atoms with Crippen LogP contribution in [-0.4, -0.2) is 16.6 Å². The van der Waals surface area contributed by atoms with Crippen LogP contribution in [0.1, 0.15) is 34.8 Å². The SMILES string of the molecule is CC(=O)c1cc(I)cc(C(C)=O)n1. The second kappa shape index (κ2) is 3.95. The molecule has 0 aliphatic rings. The minimum Gasteiger partial charge on any atom is -0.293 e. The molecule has 0 saturated carbocycles. The summed E-state index contributed by atoms with van der Waals surface area (Å²) in [6.45, 7) is 2.87.